The van der Waals surface area contributed by atoms with Gasteiger partial charge in [-0.3, -0.25) is 9.71 Å². The van der Waals surface area contributed by atoms with Crippen molar-refractivity contribution in [2.45, 2.75) is 4.90 Å². The van der Waals surface area contributed by atoms with Crippen LogP contribution in [0.1, 0.15) is 0 Å². The summed E-state index contributed by atoms with van der Waals surface area (Å²) in [6.45, 7) is 0. The highest BCUT2D eigenvalue weighted by Gasteiger charge is 2.19. The Hall–Kier alpha value is -1.31. The number of nitrogens with two attached hydrogens (primary N) is 1. The molecule has 1 heterocycles. The molecule has 2 aromatic rings. The zero-order chi connectivity index (χ0) is 14.0. The monoisotopic (exact) mass is 361 g/mol. The van der Waals surface area contributed by atoms with Crippen LogP contribution in [0.2, 0.25) is 5.02 Å². The van der Waals surface area contributed by atoms with Gasteiger partial charge in [-0.1, -0.05) is 11.6 Å². The van der Waals surface area contributed by atoms with Crippen molar-refractivity contribution in [2.75, 3.05) is 10.5 Å². The number of nitrogens with zero attached hydrogens (tertiary/aromatic N) is 1. The summed E-state index contributed by atoms with van der Waals surface area (Å²) in [4.78, 5) is 3.79. The lowest BCUT2D eigenvalue weighted by Gasteiger charge is -2.11. The number of anilines is 2. The van der Waals surface area contributed by atoms with E-state index in [1.807, 2.05) is 0 Å². The van der Waals surface area contributed by atoms with Crippen LogP contribution < -0.4 is 10.5 Å². The van der Waals surface area contributed by atoms with Crippen LogP contribution in [0.15, 0.2) is 46.0 Å². The van der Waals surface area contributed by atoms with E-state index in [9.17, 15) is 8.42 Å². The van der Waals surface area contributed by atoms with Crippen molar-refractivity contribution in [1.82, 2.24) is 4.98 Å². The fourth-order valence-electron chi connectivity index (χ4n) is 1.40. The Morgan fingerprint density at radius 2 is 2.05 bits per heavy atom. The molecule has 0 atom stereocenters. The van der Waals surface area contributed by atoms with Gasteiger partial charge >= 0.3 is 0 Å². The minimum absolute atomic E-state index is 0.0660. The van der Waals surface area contributed by atoms with E-state index < -0.39 is 10.0 Å². The molecule has 0 aliphatic heterocycles. The van der Waals surface area contributed by atoms with E-state index in [4.69, 9.17) is 17.3 Å². The molecule has 0 saturated carbocycles. The first kappa shape index (κ1) is 14.1. The van der Waals surface area contributed by atoms with E-state index in [-0.39, 0.29) is 10.6 Å². The highest BCUT2D eigenvalue weighted by Crippen LogP contribution is 2.27. The largest absolute Gasteiger partial charge is 0.398 e. The molecule has 0 spiro atoms. The molecule has 0 aliphatic carbocycles. The quantitative estimate of drug-likeness (QED) is 0.822. The standard InChI is InChI=1S/C11H9BrClN3O2S/c12-8-6-15-4-3-10(8)16-19(17,18)11-5-7(13)1-2-9(11)14/h1-6H,14H2,(H,15,16). The Balaban J connectivity index is 2.44. The Morgan fingerprint density at radius 3 is 2.74 bits per heavy atom. The van der Waals surface area contributed by atoms with Crippen LogP contribution in [0.3, 0.4) is 0 Å². The summed E-state index contributed by atoms with van der Waals surface area (Å²) in [6, 6.07) is 5.80. The maximum Gasteiger partial charge on any atom is 0.264 e. The lowest BCUT2D eigenvalue weighted by Crippen LogP contribution is -2.15. The van der Waals surface area contributed by atoms with Crippen molar-refractivity contribution in [3.8, 4) is 0 Å². The Labute approximate surface area is 124 Å². The fourth-order valence-corrected chi connectivity index (χ4v) is 3.35. The van der Waals surface area contributed by atoms with Crippen LogP contribution in [0.5, 0.6) is 0 Å². The van der Waals surface area contributed by atoms with Gasteiger partial charge in [0.2, 0.25) is 0 Å². The molecule has 100 valence electrons. The van der Waals surface area contributed by atoms with Gasteiger partial charge in [-0.05, 0) is 40.2 Å². The molecule has 1 aromatic carbocycles. The third-order valence-electron chi connectivity index (χ3n) is 2.28. The minimum Gasteiger partial charge on any atom is -0.398 e. The predicted molar refractivity (Wildman–Crippen MR) is 78.6 cm³/mol. The fraction of sp³-hybridized carbons (Fsp3) is 0. The van der Waals surface area contributed by atoms with Crippen molar-refractivity contribution in [2.24, 2.45) is 0 Å². The molecule has 8 heteroatoms. The second-order valence-electron chi connectivity index (χ2n) is 3.64. The smallest absolute Gasteiger partial charge is 0.264 e. The maximum absolute atomic E-state index is 12.2. The molecule has 0 bridgehead atoms. The van der Waals surface area contributed by atoms with E-state index in [0.717, 1.165) is 0 Å². The lowest BCUT2D eigenvalue weighted by molar-refractivity contribution is 0.601. The number of sulfonamides is 1. The Bertz CT molecular complexity index is 722. The predicted octanol–water partition coefficient (Wildman–Crippen LogP) is 2.88. The second kappa shape index (κ2) is 5.36. The van der Waals surface area contributed by atoms with Crippen LogP contribution in [-0.4, -0.2) is 13.4 Å². The van der Waals surface area contributed by atoms with Crippen LogP contribution in [0.4, 0.5) is 11.4 Å². The summed E-state index contributed by atoms with van der Waals surface area (Å²) in [5.74, 6) is 0. The van der Waals surface area contributed by atoms with Gasteiger partial charge in [0.1, 0.15) is 4.90 Å². The summed E-state index contributed by atoms with van der Waals surface area (Å²) >= 11 is 9.00. The molecule has 0 aliphatic rings. The van der Waals surface area contributed by atoms with E-state index in [1.54, 1.807) is 0 Å². The summed E-state index contributed by atoms with van der Waals surface area (Å²) < 4.78 is 27.4. The summed E-state index contributed by atoms with van der Waals surface area (Å²) in [5.41, 5.74) is 6.16. The molecule has 1 aromatic heterocycles. The third kappa shape index (κ3) is 3.17. The zero-order valence-corrected chi connectivity index (χ0v) is 12.6. The number of rotatable bonds is 3. The maximum atomic E-state index is 12.2. The molecular formula is C11H9BrClN3O2S. The molecule has 0 amide bonds. The lowest BCUT2D eigenvalue weighted by atomic mass is 10.3. The third-order valence-corrected chi connectivity index (χ3v) is 4.57. The van der Waals surface area contributed by atoms with E-state index in [0.29, 0.717) is 15.2 Å². The number of halogens is 2. The van der Waals surface area contributed by atoms with Gasteiger partial charge in [0, 0.05) is 17.4 Å². The zero-order valence-electron chi connectivity index (χ0n) is 9.47. The highest BCUT2D eigenvalue weighted by molar-refractivity contribution is 9.10. The number of nitrogens with one attached hydrogen (secondary N) is 1. The summed E-state index contributed by atoms with van der Waals surface area (Å²) in [5, 5.41) is 0.295. The molecular weight excluding hydrogens is 354 g/mol. The Morgan fingerprint density at radius 1 is 1.32 bits per heavy atom. The topological polar surface area (TPSA) is 85.1 Å². The van der Waals surface area contributed by atoms with Gasteiger partial charge in [0.15, 0.2) is 0 Å². The van der Waals surface area contributed by atoms with Gasteiger partial charge in [-0.25, -0.2) is 8.42 Å². The first-order valence-electron chi connectivity index (χ1n) is 5.07. The van der Waals surface area contributed by atoms with Crippen molar-refractivity contribution in [1.29, 1.82) is 0 Å². The average molecular weight is 363 g/mol. The van der Waals surface area contributed by atoms with Crippen molar-refractivity contribution < 1.29 is 8.42 Å². The highest BCUT2D eigenvalue weighted by atomic mass is 79.9. The van der Waals surface area contributed by atoms with Crippen molar-refractivity contribution in [3.63, 3.8) is 0 Å². The molecule has 0 fully saturated rings. The molecule has 0 saturated heterocycles. The van der Waals surface area contributed by atoms with E-state index in [1.165, 1.54) is 36.7 Å². The normalized spacial score (nSPS) is 11.3. The van der Waals surface area contributed by atoms with Gasteiger partial charge in [-0.2, -0.15) is 0 Å². The minimum atomic E-state index is -3.81. The molecule has 19 heavy (non-hydrogen) atoms. The van der Waals surface area contributed by atoms with Crippen LogP contribution in [0, 0.1) is 0 Å². The number of hydrogen-bond acceptors (Lipinski definition) is 4. The van der Waals surface area contributed by atoms with E-state index in [2.05, 4.69) is 25.6 Å². The Kier molecular flexibility index (Phi) is 3.98. The molecule has 0 radical (unpaired) electrons. The van der Waals surface area contributed by atoms with Crippen LogP contribution >= 0.6 is 27.5 Å². The average Bonchev–Trinajstić information content (AvgIpc) is 2.35. The number of aromatic nitrogens is 1. The van der Waals surface area contributed by atoms with E-state index >= 15 is 0 Å². The summed E-state index contributed by atoms with van der Waals surface area (Å²) in [6.07, 6.45) is 2.96. The van der Waals surface area contributed by atoms with Gasteiger partial charge < -0.3 is 5.73 Å². The molecule has 2 rings (SSSR count). The number of nitrogen functional groups attached to an aromatic ring is 1. The SMILES string of the molecule is Nc1ccc(Cl)cc1S(=O)(=O)Nc1ccncc1Br. The van der Waals surface area contributed by atoms with Crippen LogP contribution in [0.25, 0.3) is 0 Å². The molecule has 3 N–H and O–H groups in total. The first-order chi connectivity index (χ1) is 8.90. The molecule has 0 unspecified atom stereocenters. The molecule has 5 nitrogen and oxygen atoms in total. The number of hydrogen-bond donors (Lipinski definition) is 2. The number of benzene rings is 1. The van der Waals surface area contributed by atoms with Crippen LogP contribution in [-0.2, 0) is 10.0 Å². The second-order valence-corrected chi connectivity index (χ2v) is 6.58. The van der Waals surface area contributed by atoms with Gasteiger partial charge in [0.25, 0.3) is 10.0 Å². The van der Waals surface area contributed by atoms with Crippen molar-refractivity contribution >= 4 is 48.9 Å². The number of pyridine rings is 1. The first-order valence-corrected chi connectivity index (χ1v) is 7.73. The summed E-state index contributed by atoms with van der Waals surface area (Å²) in [7, 11) is -3.81. The van der Waals surface area contributed by atoms with Crippen molar-refractivity contribution in [3.05, 3.63) is 46.2 Å². The van der Waals surface area contributed by atoms with Gasteiger partial charge in [-0.15, -0.1) is 0 Å². The van der Waals surface area contributed by atoms with Gasteiger partial charge in [0.05, 0.1) is 15.8 Å².